The van der Waals surface area contributed by atoms with Crippen molar-refractivity contribution >= 4 is 17.8 Å². The van der Waals surface area contributed by atoms with Gasteiger partial charge in [0.1, 0.15) is 0 Å². The molecule has 0 spiro atoms. The smallest absolute Gasteiger partial charge is 0.269 e. The van der Waals surface area contributed by atoms with Crippen LogP contribution in [0.4, 0.5) is 5.69 Å². The minimum Gasteiger partial charge on any atom is -0.334 e. The lowest BCUT2D eigenvalue weighted by atomic mass is 10.2. The Bertz CT molecular complexity index is 893. The molecule has 0 aliphatic heterocycles. The lowest BCUT2D eigenvalue weighted by molar-refractivity contribution is -0.384. The van der Waals surface area contributed by atoms with Crippen molar-refractivity contribution in [2.24, 2.45) is 0 Å². The van der Waals surface area contributed by atoms with Crippen molar-refractivity contribution in [2.75, 3.05) is 0 Å². The van der Waals surface area contributed by atoms with Gasteiger partial charge in [-0.15, -0.1) is 0 Å². The molecule has 0 atom stereocenters. The Labute approximate surface area is 137 Å². The summed E-state index contributed by atoms with van der Waals surface area (Å²) >= 11 is 0. The number of nitro benzene ring substituents is 1. The molecule has 0 bridgehead atoms. The number of nitrogens with zero attached hydrogens (tertiary/aromatic N) is 5. The summed E-state index contributed by atoms with van der Waals surface area (Å²) in [7, 11) is 0. The number of hydrogen-bond donors (Lipinski definition) is 0. The highest BCUT2D eigenvalue weighted by atomic mass is 16.6. The maximum absolute atomic E-state index is 10.7. The topological polar surface area (TPSA) is 99.9 Å². The second kappa shape index (κ2) is 6.45. The van der Waals surface area contributed by atoms with Crippen molar-refractivity contribution in [3.63, 3.8) is 0 Å². The molecule has 122 valence electrons. The molecular weight excluding hydrogens is 310 g/mol. The predicted octanol–water partition coefficient (Wildman–Crippen LogP) is 3.34. The monoisotopic (exact) mass is 325 g/mol. The zero-order chi connectivity index (χ0) is 17.1. The molecule has 8 nitrogen and oxygen atoms in total. The maximum atomic E-state index is 10.7. The van der Waals surface area contributed by atoms with Gasteiger partial charge in [-0.3, -0.25) is 14.8 Å². The summed E-state index contributed by atoms with van der Waals surface area (Å²) in [5, 5.41) is 18.8. The van der Waals surface area contributed by atoms with Crippen LogP contribution >= 0.6 is 0 Å². The molecule has 24 heavy (non-hydrogen) atoms. The van der Waals surface area contributed by atoms with Crippen molar-refractivity contribution in [3.8, 4) is 11.4 Å². The fourth-order valence-electron chi connectivity index (χ4n) is 2.26. The summed E-state index contributed by atoms with van der Waals surface area (Å²) in [5.41, 5.74) is 2.71. The van der Waals surface area contributed by atoms with Gasteiger partial charge in [0.05, 0.1) is 11.1 Å². The average Bonchev–Trinajstić information content (AvgIpc) is 3.19. The average molecular weight is 325 g/mol. The third-order valence-electron chi connectivity index (χ3n) is 3.62. The predicted molar refractivity (Wildman–Crippen MR) is 88.0 cm³/mol. The van der Waals surface area contributed by atoms with Gasteiger partial charge < -0.3 is 4.52 Å². The second-order valence-electron chi connectivity index (χ2n) is 5.09. The van der Waals surface area contributed by atoms with E-state index in [0.717, 1.165) is 17.8 Å². The van der Waals surface area contributed by atoms with Crippen LogP contribution in [0, 0.1) is 17.0 Å². The standard InChI is InChI=1S/C16H15N5O3/c1-3-20-11(2)13(10-17-20)6-9-15-18-16(19-24-15)12-4-7-14(8-5-12)21(22)23/h4-10H,3H2,1-2H3/b9-6+. The van der Waals surface area contributed by atoms with E-state index in [4.69, 9.17) is 4.52 Å². The fraction of sp³-hybridized carbons (Fsp3) is 0.188. The molecule has 3 aromatic rings. The summed E-state index contributed by atoms with van der Waals surface area (Å²) in [4.78, 5) is 14.5. The van der Waals surface area contributed by atoms with Gasteiger partial charge in [-0.2, -0.15) is 10.1 Å². The molecule has 0 N–H and O–H groups in total. The van der Waals surface area contributed by atoms with Gasteiger partial charge in [0.15, 0.2) is 0 Å². The van der Waals surface area contributed by atoms with Crippen molar-refractivity contribution < 1.29 is 9.45 Å². The highest BCUT2D eigenvalue weighted by molar-refractivity contribution is 5.67. The molecule has 2 aromatic heterocycles. The largest absolute Gasteiger partial charge is 0.334 e. The molecular formula is C16H15N5O3. The van der Waals surface area contributed by atoms with Crippen molar-refractivity contribution in [2.45, 2.75) is 20.4 Å². The van der Waals surface area contributed by atoms with Crippen LogP contribution in [0.3, 0.4) is 0 Å². The molecule has 0 radical (unpaired) electrons. The molecule has 0 aliphatic rings. The van der Waals surface area contributed by atoms with Crippen LogP contribution in [0.2, 0.25) is 0 Å². The van der Waals surface area contributed by atoms with E-state index in [-0.39, 0.29) is 5.69 Å². The van der Waals surface area contributed by atoms with E-state index in [1.165, 1.54) is 12.1 Å². The van der Waals surface area contributed by atoms with Gasteiger partial charge in [0, 0.05) is 41.6 Å². The van der Waals surface area contributed by atoms with Gasteiger partial charge in [0.25, 0.3) is 11.6 Å². The Morgan fingerprint density at radius 2 is 2.04 bits per heavy atom. The van der Waals surface area contributed by atoms with Crippen LogP contribution in [0.15, 0.2) is 35.0 Å². The van der Waals surface area contributed by atoms with Crippen LogP contribution in [0.5, 0.6) is 0 Å². The van der Waals surface area contributed by atoms with E-state index >= 15 is 0 Å². The molecule has 3 rings (SSSR count). The molecule has 1 aromatic carbocycles. The van der Waals surface area contributed by atoms with Crippen molar-refractivity contribution in [3.05, 3.63) is 57.7 Å². The van der Waals surface area contributed by atoms with Gasteiger partial charge in [-0.05, 0) is 32.1 Å². The number of non-ortho nitro benzene ring substituents is 1. The number of benzene rings is 1. The zero-order valence-corrected chi connectivity index (χ0v) is 13.2. The lowest BCUT2D eigenvalue weighted by Crippen LogP contribution is -1.98. The van der Waals surface area contributed by atoms with Gasteiger partial charge in [-0.25, -0.2) is 0 Å². The Hall–Kier alpha value is -3.29. The van der Waals surface area contributed by atoms with Gasteiger partial charge >= 0.3 is 0 Å². The van der Waals surface area contributed by atoms with Crippen LogP contribution in [-0.4, -0.2) is 24.8 Å². The Morgan fingerprint density at radius 3 is 2.67 bits per heavy atom. The highest BCUT2D eigenvalue weighted by Crippen LogP contribution is 2.20. The third-order valence-corrected chi connectivity index (χ3v) is 3.62. The van der Waals surface area contributed by atoms with Gasteiger partial charge in [0.2, 0.25) is 5.82 Å². The Balaban J connectivity index is 1.78. The molecule has 0 amide bonds. The Kier molecular flexibility index (Phi) is 4.19. The molecule has 8 heteroatoms. The molecule has 0 aliphatic carbocycles. The van der Waals surface area contributed by atoms with Crippen LogP contribution < -0.4 is 0 Å². The second-order valence-corrected chi connectivity index (χ2v) is 5.09. The summed E-state index contributed by atoms with van der Waals surface area (Å²) in [5.74, 6) is 0.734. The van der Waals surface area contributed by atoms with E-state index in [0.29, 0.717) is 17.3 Å². The summed E-state index contributed by atoms with van der Waals surface area (Å²) in [6.07, 6.45) is 5.36. The normalized spacial score (nSPS) is 11.2. The lowest BCUT2D eigenvalue weighted by Gasteiger charge is -1.97. The summed E-state index contributed by atoms with van der Waals surface area (Å²) < 4.78 is 7.08. The molecule has 0 fully saturated rings. The first-order chi connectivity index (χ1) is 11.6. The van der Waals surface area contributed by atoms with E-state index in [1.54, 1.807) is 24.4 Å². The van der Waals surface area contributed by atoms with Gasteiger partial charge in [-0.1, -0.05) is 5.16 Å². The number of rotatable bonds is 5. The first kappa shape index (κ1) is 15.6. The number of nitro groups is 1. The minimum absolute atomic E-state index is 0.0192. The number of aromatic nitrogens is 4. The van der Waals surface area contributed by atoms with Crippen molar-refractivity contribution in [1.82, 2.24) is 19.9 Å². The quantitative estimate of drug-likeness (QED) is 0.527. The molecule has 0 unspecified atom stereocenters. The van der Waals surface area contributed by atoms with Crippen LogP contribution in [-0.2, 0) is 6.54 Å². The van der Waals surface area contributed by atoms with Crippen molar-refractivity contribution in [1.29, 1.82) is 0 Å². The molecule has 0 saturated carbocycles. The fourth-order valence-corrected chi connectivity index (χ4v) is 2.26. The van der Waals surface area contributed by atoms with E-state index in [9.17, 15) is 10.1 Å². The van der Waals surface area contributed by atoms with Crippen LogP contribution in [0.25, 0.3) is 23.5 Å². The minimum atomic E-state index is -0.451. The van der Waals surface area contributed by atoms with E-state index in [1.807, 2.05) is 24.6 Å². The SMILES string of the molecule is CCn1ncc(/C=C/c2nc(-c3ccc([N+](=O)[O-])cc3)no2)c1C. The maximum Gasteiger partial charge on any atom is 0.269 e. The summed E-state index contributed by atoms with van der Waals surface area (Å²) in [6.45, 7) is 4.83. The molecule has 0 saturated heterocycles. The highest BCUT2D eigenvalue weighted by Gasteiger charge is 2.10. The Morgan fingerprint density at radius 1 is 1.29 bits per heavy atom. The zero-order valence-electron chi connectivity index (χ0n) is 13.2. The summed E-state index contributed by atoms with van der Waals surface area (Å²) in [6, 6.07) is 5.99. The molecule has 2 heterocycles. The van der Waals surface area contributed by atoms with E-state index in [2.05, 4.69) is 15.2 Å². The first-order valence-corrected chi connectivity index (χ1v) is 7.37. The third kappa shape index (κ3) is 3.07. The first-order valence-electron chi connectivity index (χ1n) is 7.37. The van der Waals surface area contributed by atoms with E-state index < -0.39 is 4.92 Å². The number of hydrogen-bond acceptors (Lipinski definition) is 6. The number of aryl methyl sites for hydroxylation is 1. The van der Waals surface area contributed by atoms with Crippen LogP contribution in [0.1, 0.15) is 24.1 Å².